The molecule has 32 heavy (non-hydrogen) atoms. The van der Waals surface area contributed by atoms with Crippen LogP contribution in [0.5, 0.6) is 11.5 Å². The van der Waals surface area contributed by atoms with Gasteiger partial charge in [0.25, 0.3) is 0 Å². The Bertz CT molecular complexity index is 1030. The fourth-order valence-corrected chi connectivity index (χ4v) is 5.49. The van der Waals surface area contributed by atoms with Crippen molar-refractivity contribution in [2.75, 3.05) is 38.2 Å². The lowest BCUT2D eigenvalue weighted by molar-refractivity contribution is -0.161. The van der Waals surface area contributed by atoms with Crippen molar-refractivity contribution in [3.8, 4) is 11.5 Å². The minimum Gasteiger partial charge on any atom is -0.507 e. The van der Waals surface area contributed by atoms with E-state index in [1.165, 1.54) is 11.1 Å². The van der Waals surface area contributed by atoms with E-state index in [2.05, 4.69) is 48.9 Å². The molecule has 0 radical (unpaired) electrons. The quantitative estimate of drug-likeness (QED) is 0.776. The van der Waals surface area contributed by atoms with Gasteiger partial charge in [-0.1, -0.05) is 26.0 Å². The summed E-state index contributed by atoms with van der Waals surface area (Å²) < 4.78 is 5.38. The molecule has 4 rings (SSSR count). The number of hydrogen-bond acceptors (Lipinski definition) is 5. The van der Waals surface area contributed by atoms with Gasteiger partial charge in [-0.3, -0.25) is 9.80 Å². The highest BCUT2D eigenvalue weighted by Crippen LogP contribution is 2.54. The molecule has 1 aliphatic carbocycles. The van der Waals surface area contributed by atoms with Gasteiger partial charge in [0.05, 0.1) is 13.2 Å². The van der Waals surface area contributed by atoms with E-state index in [4.69, 9.17) is 4.74 Å². The van der Waals surface area contributed by atoms with Crippen molar-refractivity contribution in [1.29, 1.82) is 0 Å². The van der Waals surface area contributed by atoms with E-state index >= 15 is 0 Å². The van der Waals surface area contributed by atoms with Crippen molar-refractivity contribution >= 4 is 11.6 Å². The Balaban J connectivity index is 1.63. The van der Waals surface area contributed by atoms with Crippen LogP contribution in [0, 0.1) is 19.3 Å². The van der Waals surface area contributed by atoms with Crippen LogP contribution in [0.25, 0.3) is 0 Å². The Morgan fingerprint density at radius 1 is 1.12 bits per heavy atom. The van der Waals surface area contributed by atoms with Crippen LogP contribution in [0.1, 0.15) is 49.1 Å². The molecule has 2 aromatic carbocycles. The third-order valence-electron chi connectivity index (χ3n) is 7.06. The molecule has 2 aliphatic rings. The average molecular weight is 438 g/mol. The standard InChI is InChI=1S/C26H35N3O3/c1-17-14-18(2)24(31)23-22(17)16-26(4,5)25(23)29(19(3)30)28-12-10-27(11-13-28)20-8-7-9-21(15-20)32-6/h7-9,14-15,25,31H,10-13,16H2,1-6H3. The maximum Gasteiger partial charge on any atom is 0.234 e. The zero-order valence-electron chi connectivity index (χ0n) is 20.1. The number of fused-ring (bicyclic) bond motifs is 1. The van der Waals surface area contributed by atoms with Crippen molar-refractivity contribution in [3.05, 3.63) is 52.6 Å². The Hall–Kier alpha value is -2.73. The average Bonchev–Trinajstić information content (AvgIpc) is 3.04. The number of carbonyl (C=O) groups is 1. The van der Waals surface area contributed by atoms with Crippen molar-refractivity contribution in [2.45, 2.75) is 47.1 Å². The van der Waals surface area contributed by atoms with E-state index in [1.807, 2.05) is 24.1 Å². The number of rotatable bonds is 4. The summed E-state index contributed by atoms with van der Waals surface area (Å²) in [7, 11) is 1.68. The molecule has 172 valence electrons. The van der Waals surface area contributed by atoms with Gasteiger partial charge in [0.2, 0.25) is 5.91 Å². The highest BCUT2D eigenvalue weighted by Gasteiger charge is 2.48. The van der Waals surface area contributed by atoms with E-state index in [0.29, 0.717) is 5.75 Å². The summed E-state index contributed by atoms with van der Waals surface area (Å²) in [4.78, 5) is 15.3. The summed E-state index contributed by atoms with van der Waals surface area (Å²) in [6, 6.07) is 9.98. The first-order valence-electron chi connectivity index (χ1n) is 11.4. The molecule has 6 nitrogen and oxygen atoms in total. The fraction of sp³-hybridized carbons (Fsp3) is 0.500. The Morgan fingerprint density at radius 2 is 1.81 bits per heavy atom. The number of carbonyl (C=O) groups excluding carboxylic acids is 1. The number of hydrogen-bond donors (Lipinski definition) is 1. The predicted molar refractivity (Wildman–Crippen MR) is 127 cm³/mol. The molecule has 0 bridgehead atoms. The van der Waals surface area contributed by atoms with Crippen molar-refractivity contribution in [2.24, 2.45) is 5.41 Å². The molecule has 1 saturated heterocycles. The summed E-state index contributed by atoms with van der Waals surface area (Å²) in [5.74, 6) is 1.20. The van der Waals surface area contributed by atoms with Crippen molar-refractivity contribution < 1.29 is 14.6 Å². The number of amides is 1. The lowest BCUT2D eigenvalue weighted by Gasteiger charge is -2.47. The fourth-order valence-electron chi connectivity index (χ4n) is 5.49. The number of hydrazine groups is 1. The Labute approximate surface area is 191 Å². The number of benzene rings is 2. The SMILES string of the molecule is COc1cccc(N2CCN(N(C(C)=O)C3c4c(O)c(C)cc(C)c4CC3(C)C)CC2)c1. The molecule has 1 aliphatic heterocycles. The first kappa shape index (κ1) is 22.5. The molecule has 1 N–H and O–H groups in total. The zero-order chi connectivity index (χ0) is 23.2. The van der Waals surface area contributed by atoms with Crippen molar-refractivity contribution in [3.63, 3.8) is 0 Å². The van der Waals surface area contributed by atoms with E-state index in [-0.39, 0.29) is 17.4 Å². The molecule has 0 spiro atoms. The smallest absolute Gasteiger partial charge is 0.234 e. The predicted octanol–water partition coefficient (Wildman–Crippen LogP) is 4.23. The third kappa shape index (κ3) is 3.81. The number of nitrogens with zero attached hydrogens (tertiary/aromatic N) is 3. The molecule has 1 fully saturated rings. The second kappa shape index (κ2) is 8.32. The van der Waals surface area contributed by atoms with Gasteiger partial charge in [-0.15, -0.1) is 0 Å². The van der Waals surface area contributed by atoms with E-state index in [9.17, 15) is 9.90 Å². The summed E-state index contributed by atoms with van der Waals surface area (Å²) >= 11 is 0. The largest absolute Gasteiger partial charge is 0.507 e. The lowest BCUT2D eigenvalue weighted by atomic mass is 9.84. The zero-order valence-corrected chi connectivity index (χ0v) is 20.1. The highest BCUT2D eigenvalue weighted by molar-refractivity contribution is 5.74. The van der Waals surface area contributed by atoms with Crippen LogP contribution < -0.4 is 9.64 Å². The number of aromatic hydroxyl groups is 1. The van der Waals surface area contributed by atoms with E-state index in [0.717, 1.165) is 55.2 Å². The molecule has 1 unspecified atom stereocenters. The topological polar surface area (TPSA) is 56.2 Å². The Kier molecular flexibility index (Phi) is 5.84. The molecule has 2 aromatic rings. The van der Waals surface area contributed by atoms with Crippen LogP contribution in [0.15, 0.2) is 30.3 Å². The lowest BCUT2D eigenvalue weighted by Crippen LogP contribution is -2.57. The maximum atomic E-state index is 13.0. The van der Waals surface area contributed by atoms with Gasteiger partial charge in [-0.25, -0.2) is 5.01 Å². The molecule has 1 amide bonds. The molecular weight excluding hydrogens is 402 g/mol. The van der Waals surface area contributed by atoms with E-state index in [1.54, 1.807) is 14.0 Å². The summed E-state index contributed by atoms with van der Waals surface area (Å²) in [6.07, 6.45) is 0.847. The Morgan fingerprint density at radius 3 is 2.44 bits per heavy atom. The van der Waals surface area contributed by atoms with E-state index < -0.39 is 0 Å². The van der Waals surface area contributed by atoms with Gasteiger partial charge in [-0.2, -0.15) is 0 Å². The van der Waals surface area contributed by atoms with Crippen molar-refractivity contribution in [1.82, 2.24) is 10.0 Å². The number of phenols is 1. The van der Waals surface area contributed by atoms with Gasteiger partial charge in [0.1, 0.15) is 11.5 Å². The third-order valence-corrected chi connectivity index (χ3v) is 7.06. The molecular formula is C26H35N3O3. The molecule has 0 saturated carbocycles. The van der Waals surface area contributed by atoms with Crippen LogP contribution in [0.3, 0.4) is 0 Å². The highest BCUT2D eigenvalue weighted by atomic mass is 16.5. The monoisotopic (exact) mass is 437 g/mol. The number of methoxy groups -OCH3 is 1. The summed E-state index contributed by atoms with van der Waals surface area (Å²) in [5.41, 5.74) is 5.14. The van der Waals surface area contributed by atoms with Gasteiger partial charge in [0.15, 0.2) is 0 Å². The maximum absolute atomic E-state index is 13.0. The number of aryl methyl sites for hydroxylation is 2. The van der Waals surface area contributed by atoms with Crippen LogP contribution in [-0.4, -0.2) is 54.3 Å². The number of phenolic OH excluding ortho intramolecular Hbond substituents is 1. The summed E-state index contributed by atoms with van der Waals surface area (Å²) in [5, 5.41) is 15.1. The minimum atomic E-state index is -0.183. The first-order chi connectivity index (χ1) is 15.1. The molecule has 1 atom stereocenters. The molecule has 6 heteroatoms. The van der Waals surface area contributed by atoms with Gasteiger partial charge in [-0.05, 0) is 54.5 Å². The van der Waals surface area contributed by atoms with Crippen LogP contribution in [-0.2, 0) is 11.2 Å². The van der Waals surface area contributed by atoms with Gasteiger partial charge in [0, 0.05) is 50.4 Å². The van der Waals surface area contributed by atoms with Crippen LogP contribution in [0.2, 0.25) is 0 Å². The number of anilines is 1. The van der Waals surface area contributed by atoms with Crippen LogP contribution >= 0.6 is 0 Å². The molecule has 0 aromatic heterocycles. The normalized spacial score (nSPS) is 20.2. The van der Waals surface area contributed by atoms with Gasteiger partial charge >= 0.3 is 0 Å². The minimum absolute atomic E-state index is 0.0179. The number of ether oxygens (including phenoxy) is 1. The number of piperazine rings is 1. The first-order valence-corrected chi connectivity index (χ1v) is 11.4. The second-order valence-corrected chi connectivity index (χ2v) is 9.82. The van der Waals surface area contributed by atoms with Gasteiger partial charge < -0.3 is 14.7 Å². The second-order valence-electron chi connectivity index (χ2n) is 9.82. The summed E-state index contributed by atoms with van der Waals surface area (Å²) in [6.45, 7) is 13.2. The van der Waals surface area contributed by atoms with Crippen LogP contribution in [0.4, 0.5) is 5.69 Å². The molecule has 1 heterocycles.